The number of hydrogen-bond acceptors (Lipinski definition) is 6. The number of benzene rings is 1. The average Bonchev–Trinajstić information content (AvgIpc) is 3.27. The van der Waals surface area contributed by atoms with Gasteiger partial charge in [-0.3, -0.25) is 9.69 Å². The highest BCUT2D eigenvalue weighted by Crippen LogP contribution is 2.34. The van der Waals surface area contributed by atoms with Gasteiger partial charge in [-0.25, -0.2) is 14.2 Å². The second kappa shape index (κ2) is 8.30. The van der Waals surface area contributed by atoms with Gasteiger partial charge in [-0.1, -0.05) is 32.0 Å². The molecule has 1 saturated heterocycles. The molecule has 0 saturated carbocycles. The molecule has 3 amide bonds. The number of amides is 3. The van der Waals surface area contributed by atoms with Gasteiger partial charge >= 0.3 is 6.03 Å². The number of carbonyl (C=O) groups is 2. The summed E-state index contributed by atoms with van der Waals surface area (Å²) in [4.78, 5) is 40.0. The largest absolute Gasteiger partial charge is 0.328 e. The van der Waals surface area contributed by atoms with Crippen molar-refractivity contribution in [3.05, 3.63) is 47.5 Å². The smallest absolute Gasteiger partial charge is 0.313 e. The molecule has 1 aromatic carbocycles. The van der Waals surface area contributed by atoms with Crippen LogP contribution in [0.2, 0.25) is 0 Å². The summed E-state index contributed by atoms with van der Waals surface area (Å²) in [7, 11) is 1.64. The van der Waals surface area contributed by atoms with Crippen molar-refractivity contribution < 1.29 is 14.0 Å². The predicted molar refractivity (Wildman–Crippen MR) is 115 cm³/mol. The number of urea groups is 1. The molecule has 2 atom stereocenters. The van der Waals surface area contributed by atoms with E-state index in [0.717, 1.165) is 36.8 Å². The van der Waals surface area contributed by atoms with E-state index < -0.39 is 24.1 Å². The fraction of sp³-hybridized carbons (Fsp3) is 0.500. The zero-order valence-electron chi connectivity index (χ0n) is 18.5. The monoisotopic (exact) mass is 428 g/mol. The molecule has 9 heteroatoms. The van der Waals surface area contributed by atoms with Gasteiger partial charge in [-0.05, 0) is 26.1 Å². The van der Waals surface area contributed by atoms with Crippen LogP contribution in [-0.2, 0) is 11.3 Å². The molecule has 0 aliphatic carbocycles. The Hall–Kier alpha value is -2.94. The number of carbonyl (C=O) groups excluding carboxylic acids is 2. The average molecular weight is 429 g/mol. The quantitative estimate of drug-likeness (QED) is 0.666. The molecule has 3 aliphatic heterocycles. The van der Waals surface area contributed by atoms with E-state index in [4.69, 9.17) is 4.99 Å². The van der Waals surface area contributed by atoms with Crippen LogP contribution in [0.25, 0.3) is 0 Å². The van der Waals surface area contributed by atoms with Crippen LogP contribution in [0.3, 0.4) is 0 Å². The van der Waals surface area contributed by atoms with Crippen LogP contribution < -0.4 is 0 Å². The fourth-order valence-electron chi connectivity index (χ4n) is 4.40. The van der Waals surface area contributed by atoms with Crippen LogP contribution in [0.15, 0.2) is 41.2 Å². The topological polar surface area (TPSA) is 62.7 Å². The van der Waals surface area contributed by atoms with Gasteiger partial charge in [0.15, 0.2) is 12.2 Å². The molecule has 0 spiro atoms. The van der Waals surface area contributed by atoms with E-state index >= 15 is 0 Å². The molecule has 1 fully saturated rings. The first-order valence-electron chi connectivity index (χ1n) is 10.7. The van der Waals surface area contributed by atoms with Gasteiger partial charge in [0.05, 0.1) is 6.54 Å². The second-order valence-corrected chi connectivity index (χ2v) is 8.05. The summed E-state index contributed by atoms with van der Waals surface area (Å²) in [5.74, 6) is -0.0964. The lowest BCUT2D eigenvalue weighted by Gasteiger charge is -2.40. The van der Waals surface area contributed by atoms with E-state index in [1.807, 2.05) is 18.0 Å². The first-order chi connectivity index (χ1) is 14.9. The van der Waals surface area contributed by atoms with Crippen LogP contribution in [0.5, 0.6) is 0 Å². The molecule has 166 valence electrons. The third-order valence-electron chi connectivity index (χ3n) is 6.32. The van der Waals surface area contributed by atoms with Crippen LogP contribution >= 0.6 is 0 Å². The van der Waals surface area contributed by atoms with Crippen LogP contribution in [0.1, 0.15) is 26.3 Å². The first kappa shape index (κ1) is 21.3. The number of aliphatic imine (C=N–C) groups is 1. The summed E-state index contributed by atoms with van der Waals surface area (Å²) in [5.41, 5.74) is 1.32. The number of hydrogen-bond donors (Lipinski definition) is 0. The van der Waals surface area contributed by atoms with Crippen LogP contribution in [-0.4, -0.2) is 87.8 Å². The third kappa shape index (κ3) is 3.56. The minimum absolute atomic E-state index is 0.102. The van der Waals surface area contributed by atoms with Crippen molar-refractivity contribution >= 4 is 17.9 Å². The molecular weight excluding hydrogens is 399 g/mol. The number of fused-ring (bicyclic) bond motifs is 3. The minimum Gasteiger partial charge on any atom is -0.313 e. The van der Waals surface area contributed by atoms with E-state index in [-0.39, 0.29) is 12.5 Å². The lowest BCUT2D eigenvalue weighted by Crippen LogP contribution is -2.63. The zero-order valence-corrected chi connectivity index (χ0v) is 18.5. The Morgan fingerprint density at radius 2 is 1.84 bits per heavy atom. The van der Waals surface area contributed by atoms with Crippen molar-refractivity contribution in [3.8, 4) is 0 Å². The maximum absolute atomic E-state index is 14.2. The Kier molecular flexibility index (Phi) is 5.70. The molecule has 0 radical (unpaired) electrons. The number of allylic oxidation sites excluding steroid dienone is 1. The van der Waals surface area contributed by atoms with E-state index in [0.29, 0.717) is 11.5 Å². The van der Waals surface area contributed by atoms with E-state index in [1.165, 1.54) is 11.0 Å². The normalized spacial score (nSPS) is 22.9. The Labute approximate surface area is 182 Å². The lowest BCUT2D eigenvalue weighted by molar-refractivity contribution is -0.137. The highest BCUT2D eigenvalue weighted by molar-refractivity contribution is 6.04. The molecule has 8 nitrogen and oxygen atoms in total. The highest BCUT2D eigenvalue weighted by atomic mass is 19.1. The maximum atomic E-state index is 14.2. The van der Waals surface area contributed by atoms with Crippen molar-refractivity contribution in [2.45, 2.75) is 39.5 Å². The van der Waals surface area contributed by atoms with Crippen molar-refractivity contribution in [1.82, 2.24) is 24.5 Å². The van der Waals surface area contributed by atoms with Crippen molar-refractivity contribution in [1.29, 1.82) is 0 Å². The molecule has 0 bridgehead atoms. The summed E-state index contributed by atoms with van der Waals surface area (Å²) in [6.45, 7) is 9.73. The molecule has 4 rings (SSSR count). The first-order valence-corrected chi connectivity index (χ1v) is 10.7. The molecule has 0 aromatic heterocycles. The predicted octanol–water partition coefficient (Wildman–Crippen LogP) is 2.10. The van der Waals surface area contributed by atoms with Crippen molar-refractivity contribution in [2.24, 2.45) is 4.99 Å². The second-order valence-electron chi connectivity index (χ2n) is 8.05. The highest BCUT2D eigenvalue weighted by Gasteiger charge is 2.54. The maximum Gasteiger partial charge on any atom is 0.328 e. The van der Waals surface area contributed by atoms with Gasteiger partial charge in [-0.15, -0.1) is 0 Å². The van der Waals surface area contributed by atoms with Gasteiger partial charge in [0.1, 0.15) is 5.82 Å². The number of rotatable bonds is 7. The minimum atomic E-state index is -0.641. The summed E-state index contributed by atoms with van der Waals surface area (Å²) in [6.07, 6.45) is 1.33. The zero-order chi connectivity index (χ0) is 22.3. The lowest BCUT2D eigenvalue weighted by atomic mass is 10.1. The number of guanidine groups is 1. The van der Waals surface area contributed by atoms with Gasteiger partial charge < -0.3 is 19.6 Å². The third-order valence-corrected chi connectivity index (χ3v) is 6.32. The standard InChI is InChI=1S/C22H29FN6O2/c1-5-26(6-2)11-12-27-15(3)13-28-18-19(24-21(27)28)25(4)22(31)29(20(18)30)14-16-9-7-8-10-17(16)23/h7-10,13,18-19H,5-6,11-12,14H2,1-4H3. The molecule has 1 aromatic rings. The van der Waals surface area contributed by atoms with Gasteiger partial charge in [0.25, 0.3) is 5.91 Å². The summed E-state index contributed by atoms with van der Waals surface area (Å²) in [5, 5.41) is 0. The molecule has 3 heterocycles. The Morgan fingerprint density at radius 3 is 2.52 bits per heavy atom. The van der Waals surface area contributed by atoms with Gasteiger partial charge in [-0.2, -0.15) is 0 Å². The Morgan fingerprint density at radius 1 is 1.13 bits per heavy atom. The number of likely N-dealkylation sites (N-methyl/N-ethyl adjacent to an activating group) is 2. The van der Waals surface area contributed by atoms with E-state index in [2.05, 4.69) is 23.6 Å². The van der Waals surface area contributed by atoms with Crippen molar-refractivity contribution in [3.63, 3.8) is 0 Å². The SMILES string of the molecule is CCN(CC)CCN1C(C)=CN2C1=NC1C2C(=O)N(Cc2ccccc2F)C(=O)N1C. The van der Waals surface area contributed by atoms with E-state index in [1.54, 1.807) is 25.2 Å². The Balaban J connectivity index is 1.57. The molecular formula is C22H29FN6O2. The molecule has 0 N–H and O–H groups in total. The number of imide groups is 1. The summed E-state index contributed by atoms with van der Waals surface area (Å²) >= 11 is 0. The number of halogens is 1. The van der Waals surface area contributed by atoms with Crippen LogP contribution in [0, 0.1) is 5.82 Å². The molecule has 2 unspecified atom stereocenters. The molecule has 3 aliphatic rings. The fourth-order valence-corrected chi connectivity index (χ4v) is 4.40. The van der Waals surface area contributed by atoms with Gasteiger partial charge in [0.2, 0.25) is 5.96 Å². The summed E-state index contributed by atoms with van der Waals surface area (Å²) < 4.78 is 14.2. The Bertz CT molecular complexity index is 944. The summed E-state index contributed by atoms with van der Waals surface area (Å²) in [6, 6.07) is 5.10. The molecule has 31 heavy (non-hydrogen) atoms. The van der Waals surface area contributed by atoms with Crippen LogP contribution in [0.4, 0.5) is 9.18 Å². The number of nitrogens with zero attached hydrogens (tertiary/aromatic N) is 6. The van der Waals surface area contributed by atoms with Gasteiger partial charge in [0, 0.05) is 37.6 Å². The van der Waals surface area contributed by atoms with E-state index in [9.17, 15) is 14.0 Å². The van der Waals surface area contributed by atoms with Crippen molar-refractivity contribution in [2.75, 3.05) is 33.2 Å².